The Kier molecular flexibility index (Phi) is 2.18. The van der Waals surface area contributed by atoms with Crippen LogP contribution in [0.2, 0.25) is 0 Å². The largest absolute Gasteiger partial charge is 0.306 e. The first-order valence-corrected chi connectivity index (χ1v) is 6.98. The molecular weight excluding hydrogens is 202 g/mol. The predicted molar refractivity (Wildman–Crippen MR) is 65.3 cm³/mol. The van der Waals surface area contributed by atoms with Crippen molar-refractivity contribution in [2.24, 2.45) is 11.8 Å². The van der Waals surface area contributed by atoms with Crippen molar-refractivity contribution in [2.75, 3.05) is 6.54 Å². The molecule has 1 aromatic heterocycles. The van der Waals surface area contributed by atoms with Gasteiger partial charge in [-0.15, -0.1) is 11.3 Å². The van der Waals surface area contributed by atoms with Crippen molar-refractivity contribution in [2.45, 2.75) is 38.6 Å². The first-order valence-electron chi connectivity index (χ1n) is 6.10. The molecule has 0 spiro atoms. The minimum atomic E-state index is 0.334. The van der Waals surface area contributed by atoms with Gasteiger partial charge in [-0.3, -0.25) is 0 Å². The third-order valence-corrected chi connectivity index (χ3v) is 5.42. The zero-order chi connectivity index (χ0) is 10.5. The third kappa shape index (κ3) is 1.31. The average Bonchev–Trinajstić information content (AvgIpc) is 2.81. The third-order valence-electron chi connectivity index (χ3n) is 4.29. The molecule has 1 aliphatic heterocycles. The van der Waals surface area contributed by atoms with Crippen LogP contribution in [0, 0.1) is 11.8 Å². The number of nitrogens with one attached hydrogen (secondary N) is 1. The number of rotatable bonds is 2. The smallest absolute Gasteiger partial charge is 0.0560 e. The van der Waals surface area contributed by atoms with Crippen molar-refractivity contribution < 1.29 is 0 Å². The maximum absolute atomic E-state index is 3.83. The minimum absolute atomic E-state index is 0.334. The van der Waals surface area contributed by atoms with Crippen molar-refractivity contribution in [3.63, 3.8) is 0 Å². The molecule has 15 heavy (non-hydrogen) atoms. The molecule has 2 heteroatoms. The zero-order valence-corrected chi connectivity index (χ0v) is 10.4. The van der Waals surface area contributed by atoms with Gasteiger partial charge in [0.25, 0.3) is 0 Å². The standard InChI is InChI=1S/C13H19NS/c1-3-13(11-8-9(11)2)12-10(4-6-14-13)5-7-15-12/h5,7,9,11,14H,3-4,6,8H2,1-2H3. The average molecular weight is 221 g/mol. The van der Waals surface area contributed by atoms with Gasteiger partial charge in [0.1, 0.15) is 0 Å². The van der Waals surface area contributed by atoms with Gasteiger partial charge in [0, 0.05) is 11.4 Å². The SMILES string of the molecule is CCC1(C2CC2C)NCCc2ccsc21. The number of hydrogen-bond donors (Lipinski definition) is 1. The summed E-state index contributed by atoms with van der Waals surface area (Å²) in [5, 5.41) is 6.10. The predicted octanol–water partition coefficient (Wildman–Crippen LogP) is 3.16. The quantitative estimate of drug-likeness (QED) is 0.809. The van der Waals surface area contributed by atoms with Gasteiger partial charge in [0.2, 0.25) is 0 Å². The Hall–Kier alpha value is -0.340. The fourth-order valence-electron chi connectivity index (χ4n) is 3.28. The summed E-state index contributed by atoms with van der Waals surface area (Å²) in [6.45, 7) is 5.90. The van der Waals surface area contributed by atoms with Crippen LogP contribution in [0.3, 0.4) is 0 Å². The zero-order valence-electron chi connectivity index (χ0n) is 9.55. The molecule has 3 atom stereocenters. The van der Waals surface area contributed by atoms with E-state index in [1.165, 1.54) is 25.8 Å². The van der Waals surface area contributed by atoms with Crippen LogP contribution in [-0.2, 0) is 12.0 Å². The highest BCUT2D eigenvalue weighted by molar-refractivity contribution is 7.10. The molecule has 1 nitrogen and oxygen atoms in total. The van der Waals surface area contributed by atoms with Crippen molar-refractivity contribution in [3.8, 4) is 0 Å². The molecule has 0 bridgehead atoms. The lowest BCUT2D eigenvalue weighted by molar-refractivity contribution is 0.258. The summed E-state index contributed by atoms with van der Waals surface area (Å²) in [7, 11) is 0. The molecule has 0 aromatic carbocycles. The summed E-state index contributed by atoms with van der Waals surface area (Å²) in [5.41, 5.74) is 1.95. The summed E-state index contributed by atoms with van der Waals surface area (Å²) in [6, 6.07) is 2.33. The number of fused-ring (bicyclic) bond motifs is 1. The molecule has 3 rings (SSSR count). The van der Waals surface area contributed by atoms with E-state index in [-0.39, 0.29) is 0 Å². The fraction of sp³-hybridized carbons (Fsp3) is 0.692. The lowest BCUT2D eigenvalue weighted by atomic mass is 9.82. The van der Waals surface area contributed by atoms with Crippen LogP contribution in [0.1, 0.15) is 37.1 Å². The molecule has 0 saturated heterocycles. The Morgan fingerprint density at radius 1 is 1.60 bits per heavy atom. The van der Waals surface area contributed by atoms with E-state index in [1.54, 1.807) is 10.4 Å². The summed E-state index contributed by atoms with van der Waals surface area (Å²) < 4.78 is 0. The summed E-state index contributed by atoms with van der Waals surface area (Å²) in [6.07, 6.45) is 3.88. The lowest BCUT2D eigenvalue weighted by Crippen LogP contribution is -2.48. The molecule has 2 aliphatic rings. The van der Waals surface area contributed by atoms with Crippen LogP contribution in [0.25, 0.3) is 0 Å². The first-order chi connectivity index (χ1) is 7.28. The molecule has 0 radical (unpaired) electrons. The maximum Gasteiger partial charge on any atom is 0.0560 e. The van der Waals surface area contributed by atoms with Gasteiger partial charge in [0.05, 0.1) is 5.54 Å². The summed E-state index contributed by atoms with van der Waals surface area (Å²) in [4.78, 5) is 1.64. The second-order valence-electron chi connectivity index (χ2n) is 5.10. The van der Waals surface area contributed by atoms with E-state index >= 15 is 0 Å². The molecule has 1 saturated carbocycles. The van der Waals surface area contributed by atoms with E-state index in [4.69, 9.17) is 0 Å². The number of hydrogen-bond acceptors (Lipinski definition) is 2. The van der Waals surface area contributed by atoms with E-state index in [1.807, 2.05) is 11.3 Å². The van der Waals surface area contributed by atoms with Crippen molar-refractivity contribution in [1.29, 1.82) is 0 Å². The normalized spacial score (nSPS) is 38.8. The first kappa shape index (κ1) is 9.86. The van der Waals surface area contributed by atoms with Crippen LogP contribution in [0.4, 0.5) is 0 Å². The molecule has 3 unspecified atom stereocenters. The molecule has 1 aliphatic carbocycles. The van der Waals surface area contributed by atoms with E-state index in [0.717, 1.165) is 11.8 Å². The van der Waals surface area contributed by atoms with Crippen molar-refractivity contribution in [3.05, 3.63) is 21.9 Å². The van der Waals surface area contributed by atoms with Crippen molar-refractivity contribution >= 4 is 11.3 Å². The maximum atomic E-state index is 3.83. The van der Waals surface area contributed by atoms with Gasteiger partial charge in [0.15, 0.2) is 0 Å². The van der Waals surface area contributed by atoms with Crippen LogP contribution >= 0.6 is 11.3 Å². The van der Waals surface area contributed by atoms with Gasteiger partial charge < -0.3 is 5.32 Å². The molecule has 1 fully saturated rings. The Labute approximate surface area is 95.9 Å². The summed E-state index contributed by atoms with van der Waals surface area (Å²) in [5.74, 6) is 1.81. The molecular formula is C13H19NS. The number of thiophene rings is 1. The van der Waals surface area contributed by atoms with Gasteiger partial charge in [-0.2, -0.15) is 0 Å². The Morgan fingerprint density at radius 2 is 2.40 bits per heavy atom. The highest BCUT2D eigenvalue weighted by Gasteiger charge is 2.52. The van der Waals surface area contributed by atoms with Gasteiger partial charge in [-0.25, -0.2) is 0 Å². The highest BCUT2D eigenvalue weighted by atomic mass is 32.1. The second kappa shape index (κ2) is 3.33. The van der Waals surface area contributed by atoms with E-state index in [9.17, 15) is 0 Å². The Morgan fingerprint density at radius 3 is 3.07 bits per heavy atom. The molecule has 82 valence electrons. The summed E-state index contributed by atoms with van der Waals surface area (Å²) >= 11 is 1.96. The van der Waals surface area contributed by atoms with Crippen LogP contribution < -0.4 is 5.32 Å². The lowest BCUT2D eigenvalue weighted by Gasteiger charge is -2.38. The monoisotopic (exact) mass is 221 g/mol. The van der Waals surface area contributed by atoms with Crippen LogP contribution in [0.5, 0.6) is 0 Å². The Balaban J connectivity index is 2.04. The Bertz CT molecular complexity index is 370. The molecule has 0 amide bonds. The highest BCUT2D eigenvalue weighted by Crippen LogP contribution is 2.54. The fourth-order valence-corrected chi connectivity index (χ4v) is 4.55. The van der Waals surface area contributed by atoms with E-state index < -0.39 is 0 Å². The van der Waals surface area contributed by atoms with E-state index in [0.29, 0.717) is 5.54 Å². The molecule has 1 N–H and O–H groups in total. The molecule has 1 aromatic rings. The molecule has 2 heterocycles. The topological polar surface area (TPSA) is 12.0 Å². The van der Waals surface area contributed by atoms with Gasteiger partial charge in [-0.1, -0.05) is 13.8 Å². The second-order valence-corrected chi connectivity index (χ2v) is 6.01. The van der Waals surface area contributed by atoms with E-state index in [2.05, 4.69) is 30.6 Å². The van der Waals surface area contributed by atoms with Gasteiger partial charge >= 0.3 is 0 Å². The van der Waals surface area contributed by atoms with Crippen LogP contribution in [-0.4, -0.2) is 6.54 Å². The van der Waals surface area contributed by atoms with Gasteiger partial charge in [-0.05, 0) is 48.1 Å². The minimum Gasteiger partial charge on any atom is -0.306 e. The van der Waals surface area contributed by atoms with Crippen molar-refractivity contribution in [1.82, 2.24) is 5.32 Å². The van der Waals surface area contributed by atoms with Crippen LogP contribution in [0.15, 0.2) is 11.4 Å².